The molecule has 1 aromatic carbocycles. The largest absolute Gasteiger partial charge is 0.465 e. The van der Waals surface area contributed by atoms with Gasteiger partial charge in [-0.1, -0.05) is 12.1 Å². The fourth-order valence-electron chi connectivity index (χ4n) is 1.18. The lowest BCUT2D eigenvalue weighted by molar-refractivity contribution is 0.0596. The summed E-state index contributed by atoms with van der Waals surface area (Å²) in [5.74, 6) is -0.714. The first kappa shape index (κ1) is 14.2. The van der Waals surface area contributed by atoms with E-state index in [0.29, 0.717) is 0 Å². The van der Waals surface area contributed by atoms with E-state index in [4.69, 9.17) is 0 Å². The van der Waals surface area contributed by atoms with Gasteiger partial charge in [-0.2, -0.15) is 8.42 Å². The van der Waals surface area contributed by atoms with E-state index < -0.39 is 16.0 Å². The zero-order valence-corrected chi connectivity index (χ0v) is 11.1. The van der Waals surface area contributed by atoms with Crippen LogP contribution in [0.4, 0.5) is 0 Å². The van der Waals surface area contributed by atoms with E-state index in [1.165, 1.54) is 30.2 Å². The van der Waals surface area contributed by atoms with E-state index in [1.54, 1.807) is 20.2 Å². The molecule has 0 aliphatic carbocycles. The smallest absolute Gasteiger partial charge is 0.339 e. The van der Waals surface area contributed by atoms with Gasteiger partial charge < -0.3 is 9.64 Å². The maximum Gasteiger partial charge on any atom is 0.339 e. The van der Waals surface area contributed by atoms with Gasteiger partial charge in [-0.05, 0) is 12.1 Å². The van der Waals surface area contributed by atoms with E-state index in [2.05, 4.69) is 9.13 Å². The average Bonchev–Trinajstić information content (AvgIpc) is 2.35. The quantitative estimate of drug-likeness (QED) is 0.458. The number of carbonyl (C=O) groups excluding carboxylic acids is 1. The summed E-state index contributed by atoms with van der Waals surface area (Å²) in [4.78, 5) is 12.8. The van der Waals surface area contributed by atoms with Crippen molar-refractivity contribution in [3.63, 3.8) is 0 Å². The number of esters is 1. The molecule has 1 rings (SSSR count). The Labute approximate surface area is 106 Å². The molecule has 98 valence electrons. The van der Waals surface area contributed by atoms with Gasteiger partial charge in [0.1, 0.15) is 11.2 Å². The number of nitrogens with zero attached hydrogens (tertiary/aromatic N) is 2. The van der Waals surface area contributed by atoms with Crippen LogP contribution < -0.4 is 0 Å². The molecule has 0 fully saturated rings. The monoisotopic (exact) mass is 270 g/mol. The summed E-state index contributed by atoms with van der Waals surface area (Å²) in [5, 5.41) is 0. The van der Waals surface area contributed by atoms with Gasteiger partial charge in [0, 0.05) is 14.1 Å². The predicted octanol–water partition coefficient (Wildman–Crippen LogP) is 0.752. The Kier molecular flexibility index (Phi) is 4.43. The average molecular weight is 270 g/mol. The van der Waals surface area contributed by atoms with E-state index in [9.17, 15) is 13.2 Å². The topological polar surface area (TPSA) is 76.0 Å². The number of hydrogen-bond donors (Lipinski definition) is 0. The molecular formula is C11H14N2O4S. The Morgan fingerprint density at radius 2 is 1.94 bits per heavy atom. The van der Waals surface area contributed by atoms with Gasteiger partial charge in [-0.15, -0.1) is 4.40 Å². The summed E-state index contributed by atoms with van der Waals surface area (Å²) in [6.45, 7) is 0. The second kappa shape index (κ2) is 5.63. The highest BCUT2D eigenvalue weighted by Gasteiger charge is 2.21. The summed E-state index contributed by atoms with van der Waals surface area (Å²) >= 11 is 0. The van der Waals surface area contributed by atoms with E-state index in [-0.39, 0.29) is 10.5 Å². The maximum atomic E-state index is 11.9. The van der Waals surface area contributed by atoms with Crippen LogP contribution in [0.1, 0.15) is 10.4 Å². The lowest BCUT2D eigenvalue weighted by Crippen LogP contribution is -2.12. The molecule has 0 spiro atoms. The van der Waals surface area contributed by atoms with Crippen LogP contribution in [0.25, 0.3) is 0 Å². The molecule has 0 amide bonds. The Bertz CT molecular complexity index is 564. The van der Waals surface area contributed by atoms with Crippen LogP contribution in [0, 0.1) is 0 Å². The van der Waals surface area contributed by atoms with Crippen LogP contribution in [-0.2, 0) is 14.8 Å². The molecule has 0 saturated carbocycles. The molecule has 18 heavy (non-hydrogen) atoms. The van der Waals surface area contributed by atoms with Gasteiger partial charge in [0.25, 0.3) is 10.0 Å². The summed E-state index contributed by atoms with van der Waals surface area (Å²) in [7, 11) is 0.563. The third kappa shape index (κ3) is 3.30. The minimum atomic E-state index is -3.91. The van der Waals surface area contributed by atoms with Crippen molar-refractivity contribution < 1.29 is 17.9 Å². The Morgan fingerprint density at radius 1 is 1.33 bits per heavy atom. The van der Waals surface area contributed by atoms with Crippen LogP contribution in [0.3, 0.4) is 0 Å². The van der Waals surface area contributed by atoms with Gasteiger partial charge in [0.15, 0.2) is 0 Å². The molecule has 0 saturated heterocycles. The number of sulfonamides is 1. The van der Waals surface area contributed by atoms with Gasteiger partial charge in [-0.25, -0.2) is 4.79 Å². The molecule has 0 aliphatic rings. The summed E-state index contributed by atoms with van der Waals surface area (Å²) in [6.07, 6.45) is 1.16. The van der Waals surface area contributed by atoms with Gasteiger partial charge in [-0.3, -0.25) is 0 Å². The first-order chi connectivity index (χ1) is 8.38. The third-order valence-corrected chi connectivity index (χ3v) is 3.27. The summed E-state index contributed by atoms with van der Waals surface area (Å²) in [6, 6.07) is 5.77. The Morgan fingerprint density at radius 3 is 2.50 bits per heavy atom. The minimum Gasteiger partial charge on any atom is -0.465 e. The van der Waals surface area contributed by atoms with Crippen molar-refractivity contribution in [3.05, 3.63) is 29.8 Å². The second-order valence-electron chi connectivity index (χ2n) is 3.65. The fraction of sp³-hybridized carbons (Fsp3) is 0.273. The Balaban J connectivity index is 3.29. The molecule has 0 radical (unpaired) electrons. The van der Waals surface area contributed by atoms with Crippen molar-refractivity contribution in [1.29, 1.82) is 0 Å². The number of hydrogen-bond acceptors (Lipinski definition) is 4. The standard InChI is InChI=1S/C11H14N2O4S/c1-13(2)8-12-18(15,16)10-7-5-4-6-9(10)11(14)17-3/h4-8H,1-3H3. The van der Waals surface area contributed by atoms with Crippen LogP contribution in [0.5, 0.6) is 0 Å². The van der Waals surface area contributed by atoms with E-state index in [0.717, 1.165) is 6.34 Å². The molecular weight excluding hydrogens is 256 g/mol. The van der Waals surface area contributed by atoms with Crippen molar-refractivity contribution in [2.75, 3.05) is 21.2 Å². The maximum absolute atomic E-state index is 11.9. The van der Waals surface area contributed by atoms with Crippen LogP contribution in [0.15, 0.2) is 33.6 Å². The lowest BCUT2D eigenvalue weighted by atomic mass is 10.2. The lowest BCUT2D eigenvalue weighted by Gasteiger charge is -2.06. The molecule has 0 N–H and O–H groups in total. The first-order valence-corrected chi connectivity index (χ1v) is 6.46. The number of carbonyl (C=O) groups is 1. The first-order valence-electron chi connectivity index (χ1n) is 5.02. The minimum absolute atomic E-state index is 0.0316. The van der Waals surface area contributed by atoms with Crippen molar-refractivity contribution in [2.24, 2.45) is 4.40 Å². The van der Waals surface area contributed by atoms with Crippen molar-refractivity contribution >= 4 is 22.3 Å². The summed E-state index contributed by atoms with van der Waals surface area (Å²) in [5.41, 5.74) is -0.0316. The van der Waals surface area contributed by atoms with Crippen LogP contribution in [0.2, 0.25) is 0 Å². The zero-order valence-electron chi connectivity index (χ0n) is 10.3. The Hall–Kier alpha value is -1.89. The highest BCUT2D eigenvalue weighted by molar-refractivity contribution is 7.90. The normalized spacial score (nSPS) is 11.5. The third-order valence-electron chi connectivity index (χ3n) is 1.99. The van der Waals surface area contributed by atoms with Crippen molar-refractivity contribution in [3.8, 4) is 0 Å². The van der Waals surface area contributed by atoms with Crippen LogP contribution >= 0.6 is 0 Å². The van der Waals surface area contributed by atoms with Crippen molar-refractivity contribution in [2.45, 2.75) is 4.90 Å². The molecule has 0 atom stereocenters. The number of ether oxygens (including phenoxy) is 1. The molecule has 6 nitrogen and oxygen atoms in total. The molecule has 0 aliphatic heterocycles. The van der Waals surface area contributed by atoms with E-state index in [1.807, 2.05) is 0 Å². The van der Waals surface area contributed by atoms with Gasteiger partial charge >= 0.3 is 5.97 Å². The number of methoxy groups -OCH3 is 1. The SMILES string of the molecule is COC(=O)c1ccccc1S(=O)(=O)N=CN(C)C. The fourth-order valence-corrected chi connectivity index (χ4v) is 2.29. The second-order valence-corrected chi connectivity index (χ2v) is 5.25. The van der Waals surface area contributed by atoms with Gasteiger partial charge in [0.05, 0.1) is 12.7 Å². The summed E-state index contributed by atoms with van der Waals surface area (Å²) < 4.78 is 31.9. The number of rotatable bonds is 4. The van der Waals surface area contributed by atoms with E-state index >= 15 is 0 Å². The molecule has 1 aromatic rings. The molecule has 7 heteroatoms. The zero-order chi connectivity index (χ0) is 13.8. The molecule has 0 unspecified atom stereocenters. The van der Waals surface area contributed by atoms with Gasteiger partial charge in [0.2, 0.25) is 0 Å². The molecule has 0 aromatic heterocycles. The predicted molar refractivity (Wildman–Crippen MR) is 67.1 cm³/mol. The highest BCUT2D eigenvalue weighted by atomic mass is 32.2. The highest BCUT2D eigenvalue weighted by Crippen LogP contribution is 2.18. The van der Waals surface area contributed by atoms with Crippen LogP contribution in [-0.4, -0.2) is 46.8 Å². The number of benzene rings is 1. The molecule has 0 heterocycles. The van der Waals surface area contributed by atoms with Crippen molar-refractivity contribution in [1.82, 2.24) is 4.90 Å². The molecule has 0 bridgehead atoms.